The Hall–Kier alpha value is -2.82. The van der Waals surface area contributed by atoms with Gasteiger partial charge in [-0.1, -0.05) is 30.3 Å². The summed E-state index contributed by atoms with van der Waals surface area (Å²) in [5.74, 6) is -0.452. The minimum Gasteiger partial charge on any atom is -0.378 e. The molecule has 2 rings (SSSR count). The van der Waals surface area contributed by atoms with Crippen molar-refractivity contribution in [2.45, 2.75) is 13.5 Å². The Labute approximate surface area is 142 Å². The highest BCUT2D eigenvalue weighted by molar-refractivity contribution is 5.97. The van der Waals surface area contributed by atoms with Crippen LogP contribution in [0.3, 0.4) is 0 Å². The number of nitrogens with one attached hydrogen (secondary N) is 2. The van der Waals surface area contributed by atoms with Gasteiger partial charge in [-0.25, -0.2) is 0 Å². The SMILES string of the molecule is Cc1ccccc1C(=O)NCC(=O)NCc1ccc(N(C)C)cc1. The average Bonchev–Trinajstić information content (AvgIpc) is 2.58. The molecule has 0 heterocycles. The summed E-state index contributed by atoms with van der Waals surface area (Å²) in [5.41, 5.74) is 3.59. The summed E-state index contributed by atoms with van der Waals surface area (Å²) >= 11 is 0. The Morgan fingerprint density at radius 1 is 0.958 bits per heavy atom. The second-order valence-electron chi connectivity index (χ2n) is 5.84. The summed E-state index contributed by atoms with van der Waals surface area (Å²) in [5, 5.41) is 5.44. The lowest BCUT2D eigenvalue weighted by Gasteiger charge is -2.13. The van der Waals surface area contributed by atoms with Crippen LogP contribution in [-0.4, -0.2) is 32.5 Å². The lowest BCUT2D eigenvalue weighted by molar-refractivity contribution is -0.120. The number of aryl methyl sites for hydroxylation is 1. The van der Waals surface area contributed by atoms with Gasteiger partial charge in [0.05, 0.1) is 6.54 Å². The molecule has 0 atom stereocenters. The Morgan fingerprint density at radius 2 is 1.62 bits per heavy atom. The largest absolute Gasteiger partial charge is 0.378 e. The summed E-state index contributed by atoms with van der Waals surface area (Å²) < 4.78 is 0. The highest BCUT2D eigenvalue weighted by Gasteiger charge is 2.09. The number of hydrogen-bond donors (Lipinski definition) is 2. The molecular weight excluding hydrogens is 302 g/mol. The highest BCUT2D eigenvalue weighted by atomic mass is 16.2. The van der Waals surface area contributed by atoms with Crippen molar-refractivity contribution in [3.05, 3.63) is 65.2 Å². The van der Waals surface area contributed by atoms with E-state index in [1.807, 2.05) is 62.3 Å². The van der Waals surface area contributed by atoms with E-state index in [0.29, 0.717) is 12.1 Å². The first kappa shape index (κ1) is 17.5. The molecule has 5 heteroatoms. The maximum atomic E-state index is 12.0. The lowest BCUT2D eigenvalue weighted by atomic mass is 10.1. The molecule has 2 aromatic carbocycles. The van der Waals surface area contributed by atoms with Crippen LogP contribution < -0.4 is 15.5 Å². The Kier molecular flexibility index (Phi) is 5.95. The van der Waals surface area contributed by atoms with Crippen LogP contribution in [0.15, 0.2) is 48.5 Å². The monoisotopic (exact) mass is 325 g/mol. The van der Waals surface area contributed by atoms with E-state index < -0.39 is 0 Å². The van der Waals surface area contributed by atoms with E-state index in [0.717, 1.165) is 16.8 Å². The summed E-state index contributed by atoms with van der Waals surface area (Å²) in [6.07, 6.45) is 0. The number of amides is 2. The van der Waals surface area contributed by atoms with Gasteiger partial charge in [0.1, 0.15) is 0 Å². The zero-order valence-electron chi connectivity index (χ0n) is 14.3. The van der Waals surface area contributed by atoms with Crippen LogP contribution in [0.5, 0.6) is 0 Å². The molecule has 5 nitrogen and oxygen atoms in total. The third-order valence-corrected chi connectivity index (χ3v) is 3.74. The van der Waals surface area contributed by atoms with E-state index in [1.165, 1.54) is 0 Å². The first-order valence-corrected chi connectivity index (χ1v) is 7.84. The minimum absolute atomic E-state index is 0.0387. The average molecular weight is 325 g/mol. The van der Waals surface area contributed by atoms with Crippen molar-refractivity contribution in [2.24, 2.45) is 0 Å². The van der Waals surface area contributed by atoms with Gasteiger partial charge in [-0.2, -0.15) is 0 Å². The zero-order valence-corrected chi connectivity index (χ0v) is 14.3. The first-order valence-electron chi connectivity index (χ1n) is 7.84. The van der Waals surface area contributed by atoms with Gasteiger partial charge < -0.3 is 15.5 Å². The van der Waals surface area contributed by atoms with Crippen LogP contribution in [0.4, 0.5) is 5.69 Å². The van der Waals surface area contributed by atoms with Gasteiger partial charge in [-0.05, 0) is 36.2 Å². The first-order chi connectivity index (χ1) is 11.5. The second kappa shape index (κ2) is 8.15. The smallest absolute Gasteiger partial charge is 0.251 e. The third kappa shape index (κ3) is 4.84. The molecule has 0 saturated carbocycles. The number of carbonyl (C=O) groups is 2. The van der Waals surface area contributed by atoms with Gasteiger partial charge in [0.15, 0.2) is 0 Å². The van der Waals surface area contributed by atoms with Crippen molar-refractivity contribution >= 4 is 17.5 Å². The van der Waals surface area contributed by atoms with E-state index in [2.05, 4.69) is 10.6 Å². The Balaban J connectivity index is 1.79. The molecule has 0 aliphatic heterocycles. The van der Waals surface area contributed by atoms with Gasteiger partial charge in [0.25, 0.3) is 5.91 Å². The number of hydrogen-bond acceptors (Lipinski definition) is 3. The molecule has 0 aliphatic rings. The van der Waals surface area contributed by atoms with Crippen molar-refractivity contribution in [3.63, 3.8) is 0 Å². The number of rotatable bonds is 6. The van der Waals surface area contributed by atoms with Crippen molar-refractivity contribution in [2.75, 3.05) is 25.5 Å². The van der Waals surface area contributed by atoms with Gasteiger partial charge >= 0.3 is 0 Å². The predicted molar refractivity (Wildman–Crippen MR) is 96.1 cm³/mol. The summed E-state index contributed by atoms with van der Waals surface area (Å²) in [6.45, 7) is 2.27. The van der Waals surface area contributed by atoms with Crippen molar-refractivity contribution in [1.82, 2.24) is 10.6 Å². The number of benzene rings is 2. The van der Waals surface area contributed by atoms with Gasteiger partial charge in [-0.15, -0.1) is 0 Å². The Morgan fingerprint density at radius 3 is 2.25 bits per heavy atom. The summed E-state index contributed by atoms with van der Waals surface area (Å²) in [6, 6.07) is 15.2. The van der Waals surface area contributed by atoms with E-state index in [4.69, 9.17) is 0 Å². The molecule has 0 radical (unpaired) electrons. The molecule has 0 bridgehead atoms. The quantitative estimate of drug-likeness (QED) is 0.855. The van der Waals surface area contributed by atoms with Crippen LogP contribution in [0.25, 0.3) is 0 Å². The molecule has 0 fully saturated rings. The molecule has 2 aromatic rings. The molecule has 0 aliphatic carbocycles. The van der Waals surface area contributed by atoms with Crippen LogP contribution in [0.1, 0.15) is 21.5 Å². The normalized spacial score (nSPS) is 10.1. The number of carbonyl (C=O) groups excluding carboxylic acids is 2. The molecule has 0 aromatic heterocycles. The van der Waals surface area contributed by atoms with E-state index >= 15 is 0 Å². The fourth-order valence-corrected chi connectivity index (χ4v) is 2.26. The van der Waals surface area contributed by atoms with Gasteiger partial charge in [0, 0.05) is 31.9 Å². The molecule has 24 heavy (non-hydrogen) atoms. The highest BCUT2D eigenvalue weighted by Crippen LogP contribution is 2.11. The van der Waals surface area contributed by atoms with Crippen LogP contribution in [0.2, 0.25) is 0 Å². The van der Waals surface area contributed by atoms with Crippen molar-refractivity contribution < 1.29 is 9.59 Å². The third-order valence-electron chi connectivity index (χ3n) is 3.74. The van der Waals surface area contributed by atoms with Crippen LogP contribution in [-0.2, 0) is 11.3 Å². The Bertz CT molecular complexity index is 709. The molecule has 0 spiro atoms. The summed E-state index contributed by atoms with van der Waals surface area (Å²) in [4.78, 5) is 25.9. The lowest BCUT2D eigenvalue weighted by Crippen LogP contribution is -2.36. The van der Waals surface area contributed by atoms with Crippen molar-refractivity contribution in [3.8, 4) is 0 Å². The zero-order chi connectivity index (χ0) is 17.5. The fraction of sp³-hybridized carbons (Fsp3) is 0.263. The molecule has 126 valence electrons. The maximum Gasteiger partial charge on any atom is 0.251 e. The molecule has 2 amide bonds. The minimum atomic E-state index is -0.237. The molecule has 0 saturated heterocycles. The van der Waals surface area contributed by atoms with E-state index in [-0.39, 0.29) is 18.4 Å². The van der Waals surface area contributed by atoms with E-state index in [1.54, 1.807) is 12.1 Å². The van der Waals surface area contributed by atoms with Gasteiger partial charge in [0.2, 0.25) is 5.91 Å². The fourth-order valence-electron chi connectivity index (χ4n) is 2.26. The van der Waals surface area contributed by atoms with Crippen molar-refractivity contribution in [1.29, 1.82) is 0 Å². The number of nitrogens with zero attached hydrogens (tertiary/aromatic N) is 1. The van der Waals surface area contributed by atoms with E-state index in [9.17, 15) is 9.59 Å². The predicted octanol–water partition coefficient (Wildman–Crippen LogP) is 2.11. The number of anilines is 1. The standard InChI is InChI=1S/C19H23N3O2/c1-14-6-4-5-7-17(14)19(24)21-13-18(23)20-12-15-8-10-16(11-9-15)22(2)3/h4-11H,12-13H2,1-3H3,(H,20,23)(H,21,24). The second-order valence-corrected chi connectivity index (χ2v) is 5.84. The van der Waals surface area contributed by atoms with Gasteiger partial charge in [-0.3, -0.25) is 9.59 Å². The van der Waals surface area contributed by atoms with Crippen LogP contribution in [0, 0.1) is 6.92 Å². The maximum absolute atomic E-state index is 12.0. The summed E-state index contributed by atoms with van der Waals surface area (Å²) in [7, 11) is 3.96. The topological polar surface area (TPSA) is 61.4 Å². The molecule has 0 unspecified atom stereocenters. The molecular formula is C19H23N3O2. The van der Waals surface area contributed by atoms with Crippen LogP contribution >= 0.6 is 0 Å². The molecule has 2 N–H and O–H groups in total.